The molecule has 172 valence electrons. The number of ether oxygens (including phenoxy) is 1. The first kappa shape index (κ1) is 24.1. The monoisotopic (exact) mass is 556 g/mol. The molecular formula is C25H18BrClN2O4S. The average Bonchev–Trinajstić information content (AvgIpc) is 3.06. The predicted molar refractivity (Wildman–Crippen MR) is 138 cm³/mol. The summed E-state index contributed by atoms with van der Waals surface area (Å²) < 4.78 is 6.76. The molecule has 3 aromatic carbocycles. The van der Waals surface area contributed by atoms with Gasteiger partial charge in [0.05, 0.1) is 4.91 Å². The van der Waals surface area contributed by atoms with Crippen LogP contribution in [0.3, 0.4) is 0 Å². The van der Waals surface area contributed by atoms with Crippen molar-refractivity contribution in [3.8, 4) is 5.75 Å². The summed E-state index contributed by atoms with van der Waals surface area (Å²) in [4.78, 5) is 38.9. The zero-order valence-corrected chi connectivity index (χ0v) is 20.8. The van der Waals surface area contributed by atoms with E-state index in [0.717, 1.165) is 26.7 Å². The van der Waals surface area contributed by atoms with Gasteiger partial charge in [0.1, 0.15) is 18.9 Å². The Labute approximate surface area is 214 Å². The van der Waals surface area contributed by atoms with Crippen molar-refractivity contribution in [2.24, 2.45) is 0 Å². The van der Waals surface area contributed by atoms with E-state index in [1.54, 1.807) is 42.5 Å². The van der Waals surface area contributed by atoms with E-state index in [2.05, 4.69) is 21.2 Å². The molecule has 0 saturated carbocycles. The Kier molecular flexibility index (Phi) is 7.72. The maximum atomic E-state index is 12.9. The molecule has 1 aliphatic rings. The summed E-state index contributed by atoms with van der Waals surface area (Å²) >= 11 is 10.1. The molecule has 3 aromatic rings. The van der Waals surface area contributed by atoms with E-state index >= 15 is 0 Å². The number of carbonyl (C=O) groups is 3. The molecular weight excluding hydrogens is 540 g/mol. The molecule has 1 fully saturated rings. The minimum absolute atomic E-state index is 0.211. The topological polar surface area (TPSA) is 75.7 Å². The van der Waals surface area contributed by atoms with Crippen LogP contribution in [0, 0.1) is 0 Å². The van der Waals surface area contributed by atoms with Gasteiger partial charge in [0.15, 0.2) is 0 Å². The van der Waals surface area contributed by atoms with E-state index in [4.69, 9.17) is 16.3 Å². The highest BCUT2D eigenvalue weighted by atomic mass is 79.9. The van der Waals surface area contributed by atoms with Gasteiger partial charge in [0.2, 0.25) is 5.91 Å². The van der Waals surface area contributed by atoms with Crippen molar-refractivity contribution < 1.29 is 19.1 Å². The second kappa shape index (κ2) is 10.9. The molecule has 3 amide bonds. The summed E-state index contributed by atoms with van der Waals surface area (Å²) in [6.45, 7) is -0.0428. The minimum Gasteiger partial charge on any atom is -0.488 e. The molecule has 0 unspecified atom stereocenters. The Morgan fingerprint density at radius 2 is 1.85 bits per heavy atom. The molecule has 1 aliphatic heterocycles. The number of hydrogen-bond donors (Lipinski definition) is 1. The fourth-order valence-electron chi connectivity index (χ4n) is 3.19. The molecule has 6 nitrogen and oxygen atoms in total. The summed E-state index contributed by atoms with van der Waals surface area (Å²) in [5.74, 6) is -0.470. The first-order chi connectivity index (χ1) is 16.4. The van der Waals surface area contributed by atoms with Crippen LogP contribution < -0.4 is 10.1 Å². The summed E-state index contributed by atoms with van der Waals surface area (Å²) in [7, 11) is 0. The van der Waals surface area contributed by atoms with Gasteiger partial charge in [0.25, 0.3) is 11.1 Å². The zero-order valence-electron chi connectivity index (χ0n) is 17.7. The summed E-state index contributed by atoms with van der Waals surface area (Å²) in [6, 6.07) is 21.8. The Balaban J connectivity index is 1.48. The highest BCUT2D eigenvalue weighted by Crippen LogP contribution is 2.35. The van der Waals surface area contributed by atoms with Crippen LogP contribution in [0.25, 0.3) is 6.08 Å². The summed E-state index contributed by atoms with van der Waals surface area (Å²) in [6.07, 6.45) is 1.60. The highest BCUT2D eigenvalue weighted by Gasteiger charge is 2.36. The fourth-order valence-corrected chi connectivity index (χ4v) is 4.59. The van der Waals surface area contributed by atoms with E-state index in [0.29, 0.717) is 28.6 Å². The van der Waals surface area contributed by atoms with Gasteiger partial charge >= 0.3 is 0 Å². The summed E-state index contributed by atoms with van der Waals surface area (Å²) in [5, 5.41) is 2.59. The molecule has 0 aromatic heterocycles. The van der Waals surface area contributed by atoms with Crippen LogP contribution in [-0.4, -0.2) is 28.5 Å². The maximum absolute atomic E-state index is 12.9. The van der Waals surface area contributed by atoms with Gasteiger partial charge in [-0.1, -0.05) is 63.9 Å². The molecule has 0 spiro atoms. The fraction of sp³-hybridized carbons (Fsp3) is 0.0800. The number of nitrogens with one attached hydrogen (secondary N) is 1. The highest BCUT2D eigenvalue weighted by molar-refractivity contribution is 9.10. The van der Waals surface area contributed by atoms with Crippen LogP contribution in [0.2, 0.25) is 5.02 Å². The van der Waals surface area contributed by atoms with Crippen LogP contribution >= 0.6 is 39.3 Å². The number of amides is 3. The zero-order chi connectivity index (χ0) is 24.1. The Morgan fingerprint density at radius 3 is 2.62 bits per heavy atom. The molecule has 0 radical (unpaired) electrons. The van der Waals surface area contributed by atoms with Gasteiger partial charge in [-0.25, -0.2) is 0 Å². The van der Waals surface area contributed by atoms with Crippen LogP contribution in [0.4, 0.5) is 10.5 Å². The smallest absolute Gasteiger partial charge is 0.294 e. The van der Waals surface area contributed by atoms with E-state index in [9.17, 15) is 14.4 Å². The molecule has 1 saturated heterocycles. The lowest BCUT2D eigenvalue weighted by molar-refractivity contribution is -0.127. The van der Waals surface area contributed by atoms with Gasteiger partial charge in [-0.2, -0.15) is 0 Å². The molecule has 0 atom stereocenters. The standard InChI is InChI=1S/C25H18BrClN2O4S/c26-18-9-10-21(33-15-16-5-2-1-3-6-16)17(11-18)12-22-24(31)29(25(32)34-22)14-23(30)28-20-8-4-7-19(27)13-20/h1-13H,14-15H2,(H,28,30)/b22-12-. The Morgan fingerprint density at radius 1 is 1.06 bits per heavy atom. The molecule has 1 heterocycles. The quantitative estimate of drug-likeness (QED) is 0.342. The van der Waals surface area contributed by atoms with Crippen molar-refractivity contribution in [2.45, 2.75) is 6.61 Å². The lowest BCUT2D eigenvalue weighted by atomic mass is 10.1. The van der Waals surface area contributed by atoms with E-state index < -0.39 is 23.6 Å². The van der Waals surface area contributed by atoms with Crippen molar-refractivity contribution in [3.63, 3.8) is 0 Å². The molecule has 9 heteroatoms. The second-order valence-electron chi connectivity index (χ2n) is 7.28. The largest absolute Gasteiger partial charge is 0.488 e. The average molecular weight is 558 g/mol. The van der Waals surface area contributed by atoms with Crippen molar-refractivity contribution in [3.05, 3.63) is 98.3 Å². The third kappa shape index (κ3) is 6.08. The number of thioether (sulfide) groups is 1. The van der Waals surface area contributed by atoms with Crippen LogP contribution in [-0.2, 0) is 16.2 Å². The first-order valence-corrected chi connectivity index (χ1v) is 12.1. The Hall–Kier alpha value is -3.07. The number of anilines is 1. The summed E-state index contributed by atoms with van der Waals surface area (Å²) in [5.41, 5.74) is 2.12. The third-order valence-corrected chi connectivity index (χ3v) is 6.42. The Bertz CT molecular complexity index is 1280. The second-order valence-corrected chi connectivity index (χ2v) is 9.63. The van der Waals surface area contributed by atoms with E-state index in [1.807, 2.05) is 36.4 Å². The van der Waals surface area contributed by atoms with Crippen molar-refractivity contribution >= 4 is 68.1 Å². The number of benzene rings is 3. The van der Waals surface area contributed by atoms with Crippen molar-refractivity contribution in [2.75, 3.05) is 11.9 Å². The molecule has 34 heavy (non-hydrogen) atoms. The van der Waals surface area contributed by atoms with Crippen LogP contribution in [0.5, 0.6) is 5.75 Å². The van der Waals surface area contributed by atoms with Crippen LogP contribution in [0.1, 0.15) is 11.1 Å². The normalized spacial score (nSPS) is 14.5. The van der Waals surface area contributed by atoms with Crippen molar-refractivity contribution in [1.82, 2.24) is 4.90 Å². The van der Waals surface area contributed by atoms with Crippen LogP contribution in [0.15, 0.2) is 82.2 Å². The van der Waals surface area contributed by atoms with E-state index in [1.165, 1.54) is 0 Å². The number of imide groups is 1. The predicted octanol–water partition coefficient (Wildman–Crippen LogP) is 6.36. The number of halogens is 2. The molecule has 0 bridgehead atoms. The first-order valence-electron chi connectivity index (χ1n) is 10.2. The minimum atomic E-state index is -0.537. The van der Waals surface area contributed by atoms with Gasteiger partial charge in [-0.3, -0.25) is 19.3 Å². The van der Waals surface area contributed by atoms with Gasteiger partial charge in [-0.05, 0) is 59.8 Å². The SMILES string of the molecule is O=C(CN1C(=O)S/C(=C\c2cc(Br)ccc2OCc2ccccc2)C1=O)Nc1cccc(Cl)c1. The maximum Gasteiger partial charge on any atom is 0.294 e. The molecule has 0 aliphatic carbocycles. The lowest BCUT2D eigenvalue weighted by Crippen LogP contribution is -2.36. The van der Waals surface area contributed by atoms with Crippen molar-refractivity contribution in [1.29, 1.82) is 0 Å². The van der Waals surface area contributed by atoms with Gasteiger partial charge < -0.3 is 10.1 Å². The number of rotatable bonds is 7. The molecule has 1 N–H and O–H groups in total. The van der Waals surface area contributed by atoms with Gasteiger partial charge in [0, 0.05) is 20.7 Å². The number of hydrogen-bond acceptors (Lipinski definition) is 5. The number of carbonyl (C=O) groups excluding carboxylic acids is 3. The van der Waals surface area contributed by atoms with E-state index in [-0.39, 0.29) is 4.91 Å². The van der Waals surface area contributed by atoms with Gasteiger partial charge in [-0.15, -0.1) is 0 Å². The number of nitrogens with zero attached hydrogens (tertiary/aromatic N) is 1. The lowest BCUT2D eigenvalue weighted by Gasteiger charge is -2.13. The third-order valence-electron chi connectivity index (χ3n) is 4.78. The molecule has 4 rings (SSSR count).